The van der Waals surface area contributed by atoms with Crippen LogP contribution in [0.5, 0.6) is 0 Å². The molecule has 1 aliphatic rings. The molecule has 4 heteroatoms. The second kappa shape index (κ2) is 4.27. The summed E-state index contributed by atoms with van der Waals surface area (Å²) in [6.45, 7) is 0.847. The Morgan fingerprint density at radius 1 is 1.25 bits per heavy atom. The van der Waals surface area contributed by atoms with Crippen LogP contribution >= 0.6 is 0 Å². The molecule has 0 aliphatic heterocycles. The van der Waals surface area contributed by atoms with Gasteiger partial charge in [0.15, 0.2) is 5.58 Å². The van der Waals surface area contributed by atoms with Gasteiger partial charge in [0.05, 0.1) is 0 Å². The van der Waals surface area contributed by atoms with Gasteiger partial charge in [0.1, 0.15) is 5.52 Å². The lowest BCUT2D eigenvalue weighted by molar-refractivity contribution is 0.586. The Kier molecular flexibility index (Phi) is 2.42. The molecule has 0 saturated heterocycles. The Labute approximate surface area is 116 Å². The van der Waals surface area contributed by atoms with Crippen molar-refractivity contribution in [1.29, 1.82) is 0 Å². The van der Waals surface area contributed by atoms with Crippen molar-refractivity contribution in [3.05, 3.63) is 53.6 Å². The maximum atomic E-state index is 5.73. The molecule has 20 heavy (non-hydrogen) atoms. The molecule has 3 N–H and O–H groups in total. The number of nitrogens with zero attached hydrogens (tertiary/aromatic N) is 1. The molecule has 4 nitrogen and oxygen atoms in total. The standard InChI is InChI=1S/C16H15N3O/c17-12-5-6-14-15(8-12)20-16(19-14)18-9-11-7-10-3-1-2-4-13(10)11/h1-6,8,11H,7,9,17H2,(H,18,19). The van der Waals surface area contributed by atoms with Gasteiger partial charge in [-0.25, -0.2) is 0 Å². The van der Waals surface area contributed by atoms with Gasteiger partial charge in [0, 0.05) is 24.2 Å². The van der Waals surface area contributed by atoms with Gasteiger partial charge >= 0.3 is 0 Å². The predicted molar refractivity (Wildman–Crippen MR) is 79.8 cm³/mol. The summed E-state index contributed by atoms with van der Waals surface area (Å²) in [4.78, 5) is 4.41. The van der Waals surface area contributed by atoms with Gasteiger partial charge in [0.25, 0.3) is 6.01 Å². The SMILES string of the molecule is Nc1ccc2nc(NCC3Cc4ccccc43)oc2c1. The summed E-state index contributed by atoms with van der Waals surface area (Å²) in [5.41, 5.74) is 10.9. The van der Waals surface area contributed by atoms with Gasteiger partial charge in [-0.3, -0.25) is 0 Å². The van der Waals surface area contributed by atoms with E-state index in [0.717, 1.165) is 24.1 Å². The third kappa shape index (κ3) is 1.81. The molecule has 0 spiro atoms. The summed E-state index contributed by atoms with van der Waals surface area (Å²) in [5.74, 6) is 0.547. The minimum atomic E-state index is 0.547. The Morgan fingerprint density at radius 3 is 3.05 bits per heavy atom. The van der Waals surface area contributed by atoms with Gasteiger partial charge in [-0.05, 0) is 29.7 Å². The molecule has 1 aliphatic carbocycles. The van der Waals surface area contributed by atoms with E-state index in [9.17, 15) is 0 Å². The zero-order valence-electron chi connectivity index (χ0n) is 11.0. The van der Waals surface area contributed by atoms with Gasteiger partial charge < -0.3 is 15.5 Å². The zero-order chi connectivity index (χ0) is 13.5. The summed E-state index contributed by atoms with van der Waals surface area (Å²) >= 11 is 0. The molecule has 1 aromatic heterocycles. The maximum Gasteiger partial charge on any atom is 0.295 e. The van der Waals surface area contributed by atoms with E-state index in [1.165, 1.54) is 11.1 Å². The number of benzene rings is 2. The fourth-order valence-corrected chi connectivity index (χ4v) is 2.77. The minimum Gasteiger partial charge on any atom is -0.423 e. The van der Waals surface area contributed by atoms with E-state index in [1.807, 2.05) is 12.1 Å². The highest BCUT2D eigenvalue weighted by molar-refractivity contribution is 5.78. The van der Waals surface area contributed by atoms with E-state index in [1.54, 1.807) is 6.07 Å². The van der Waals surface area contributed by atoms with Gasteiger partial charge in [-0.15, -0.1) is 0 Å². The molecule has 4 rings (SSSR count). The number of rotatable bonds is 3. The lowest BCUT2D eigenvalue weighted by atomic mass is 9.78. The number of hydrogen-bond donors (Lipinski definition) is 2. The van der Waals surface area contributed by atoms with Crippen LogP contribution in [0.2, 0.25) is 0 Å². The zero-order valence-corrected chi connectivity index (χ0v) is 11.0. The molecular weight excluding hydrogens is 250 g/mol. The van der Waals surface area contributed by atoms with Crippen molar-refractivity contribution in [1.82, 2.24) is 4.98 Å². The fourth-order valence-electron chi connectivity index (χ4n) is 2.77. The van der Waals surface area contributed by atoms with Gasteiger partial charge in [-0.1, -0.05) is 24.3 Å². The lowest BCUT2D eigenvalue weighted by Crippen LogP contribution is -2.24. The van der Waals surface area contributed by atoms with Crippen LogP contribution in [-0.4, -0.2) is 11.5 Å². The number of nitrogens with two attached hydrogens (primary N) is 1. The Morgan fingerprint density at radius 2 is 2.15 bits per heavy atom. The van der Waals surface area contributed by atoms with Crippen LogP contribution in [0.3, 0.4) is 0 Å². The second-order valence-corrected chi connectivity index (χ2v) is 5.23. The highest BCUT2D eigenvalue weighted by Gasteiger charge is 2.25. The average molecular weight is 265 g/mol. The van der Waals surface area contributed by atoms with Crippen molar-refractivity contribution in [3.8, 4) is 0 Å². The highest BCUT2D eigenvalue weighted by atomic mass is 16.4. The Hall–Kier alpha value is -2.49. The molecule has 1 heterocycles. The molecule has 100 valence electrons. The first-order valence-electron chi connectivity index (χ1n) is 6.77. The number of aromatic nitrogens is 1. The molecule has 1 unspecified atom stereocenters. The van der Waals surface area contributed by atoms with E-state index >= 15 is 0 Å². The molecule has 0 saturated carbocycles. The van der Waals surface area contributed by atoms with E-state index in [2.05, 4.69) is 34.6 Å². The quantitative estimate of drug-likeness (QED) is 0.714. The summed E-state index contributed by atoms with van der Waals surface area (Å²) < 4.78 is 5.65. The van der Waals surface area contributed by atoms with Crippen LogP contribution < -0.4 is 11.1 Å². The number of nitrogen functional groups attached to an aromatic ring is 1. The van der Waals surface area contributed by atoms with E-state index in [0.29, 0.717) is 17.6 Å². The molecule has 2 aromatic carbocycles. The number of oxazole rings is 1. The van der Waals surface area contributed by atoms with Crippen molar-refractivity contribution in [3.63, 3.8) is 0 Å². The number of hydrogen-bond acceptors (Lipinski definition) is 4. The molecular formula is C16H15N3O. The van der Waals surface area contributed by atoms with Crippen molar-refractivity contribution in [2.45, 2.75) is 12.3 Å². The summed E-state index contributed by atoms with van der Waals surface area (Å²) in [6.07, 6.45) is 1.12. The van der Waals surface area contributed by atoms with Crippen LogP contribution in [0.15, 0.2) is 46.9 Å². The maximum absolute atomic E-state index is 5.73. The topological polar surface area (TPSA) is 64.1 Å². The normalized spacial score (nSPS) is 16.7. The molecule has 0 amide bonds. The highest BCUT2D eigenvalue weighted by Crippen LogP contribution is 2.34. The van der Waals surface area contributed by atoms with Crippen molar-refractivity contribution < 1.29 is 4.42 Å². The summed E-state index contributed by atoms with van der Waals surface area (Å²) in [5, 5.41) is 3.28. The number of anilines is 2. The largest absolute Gasteiger partial charge is 0.423 e. The van der Waals surface area contributed by atoms with Crippen LogP contribution in [0, 0.1) is 0 Å². The molecule has 0 bridgehead atoms. The van der Waals surface area contributed by atoms with Crippen LogP contribution in [0.4, 0.5) is 11.7 Å². The smallest absolute Gasteiger partial charge is 0.295 e. The molecule has 1 atom stereocenters. The van der Waals surface area contributed by atoms with Crippen LogP contribution in [0.25, 0.3) is 11.1 Å². The van der Waals surface area contributed by atoms with Crippen LogP contribution in [0.1, 0.15) is 17.0 Å². The number of nitrogens with one attached hydrogen (secondary N) is 1. The third-order valence-electron chi connectivity index (χ3n) is 3.87. The monoisotopic (exact) mass is 265 g/mol. The van der Waals surface area contributed by atoms with Crippen molar-refractivity contribution in [2.24, 2.45) is 0 Å². The Bertz CT molecular complexity index is 778. The molecule has 0 fully saturated rings. The van der Waals surface area contributed by atoms with E-state index < -0.39 is 0 Å². The predicted octanol–water partition coefficient (Wildman–Crippen LogP) is 3.16. The average Bonchev–Trinajstić information content (AvgIpc) is 2.81. The first kappa shape index (κ1) is 11.3. The van der Waals surface area contributed by atoms with E-state index in [-0.39, 0.29) is 0 Å². The minimum absolute atomic E-state index is 0.547. The lowest BCUT2D eigenvalue weighted by Gasteiger charge is -2.29. The van der Waals surface area contributed by atoms with E-state index in [4.69, 9.17) is 10.2 Å². The second-order valence-electron chi connectivity index (χ2n) is 5.23. The first-order chi connectivity index (χ1) is 9.79. The summed E-state index contributed by atoms with van der Waals surface area (Å²) in [7, 11) is 0. The Balaban J connectivity index is 1.49. The van der Waals surface area contributed by atoms with Crippen LogP contribution in [-0.2, 0) is 6.42 Å². The number of fused-ring (bicyclic) bond motifs is 2. The molecule has 0 radical (unpaired) electrons. The fraction of sp³-hybridized carbons (Fsp3) is 0.188. The van der Waals surface area contributed by atoms with Gasteiger partial charge in [0.2, 0.25) is 0 Å². The third-order valence-corrected chi connectivity index (χ3v) is 3.87. The van der Waals surface area contributed by atoms with Crippen molar-refractivity contribution >= 4 is 22.8 Å². The summed E-state index contributed by atoms with van der Waals surface area (Å²) in [6, 6.07) is 14.6. The first-order valence-corrected chi connectivity index (χ1v) is 6.77. The molecule has 3 aromatic rings. The van der Waals surface area contributed by atoms with Crippen molar-refractivity contribution in [2.75, 3.05) is 17.6 Å². The van der Waals surface area contributed by atoms with Gasteiger partial charge in [-0.2, -0.15) is 4.98 Å².